The van der Waals surface area contributed by atoms with Gasteiger partial charge in [0.05, 0.1) is 11.9 Å². The van der Waals surface area contributed by atoms with Crippen LogP contribution in [-0.4, -0.2) is 16.8 Å². The first-order valence-electron chi connectivity index (χ1n) is 7.97. The quantitative estimate of drug-likeness (QED) is 0.720. The van der Waals surface area contributed by atoms with Crippen molar-refractivity contribution < 1.29 is 9.59 Å². The van der Waals surface area contributed by atoms with Crippen molar-refractivity contribution in [2.24, 2.45) is 0 Å². The van der Waals surface area contributed by atoms with E-state index in [0.717, 1.165) is 24.2 Å². The zero-order chi connectivity index (χ0) is 17.4. The monoisotopic (exact) mass is 326 g/mol. The second-order valence-corrected chi connectivity index (χ2v) is 5.47. The Labute approximate surface area is 141 Å². The van der Waals surface area contributed by atoms with Gasteiger partial charge >= 0.3 is 0 Å². The maximum Gasteiger partial charge on any atom is 0.224 e. The number of carbonyl (C=O) groups is 2. The van der Waals surface area contributed by atoms with E-state index in [1.54, 1.807) is 12.3 Å². The van der Waals surface area contributed by atoms with E-state index in [2.05, 4.69) is 27.9 Å². The second kappa shape index (κ2) is 8.67. The maximum absolute atomic E-state index is 11.7. The highest BCUT2D eigenvalue weighted by Crippen LogP contribution is 2.18. The number of aromatic nitrogens is 1. The van der Waals surface area contributed by atoms with Gasteiger partial charge in [-0.25, -0.2) is 4.98 Å². The molecule has 24 heavy (non-hydrogen) atoms. The van der Waals surface area contributed by atoms with Gasteiger partial charge in [0.1, 0.15) is 5.82 Å². The van der Waals surface area contributed by atoms with Gasteiger partial charge in [0.2, 0.25) is 11.8 Å². The summed E-state index contributed by atoms with van der Waals surface area (Å²) in [6, 6.07) is 10.9. The van der Waals surface area contributed by atoms with Crippen molar-refractivity contribution in [2.45, 2.75) is 33.1 Å². The van der Waals surface area contributed by atoms with Gasteiger partial charge < -0.3 is 16.0 Å². The Hall–Kier alpha value is -2.89. The first kappa shape index (κ1) is 17.5. The fourth-order valence-electron chi connectivity index (χ4n) is 2.09. The van der Waals surface area contributed by atoms with Crippen LogP contribution in [0, 0.1) is 0 Å². The third-order valence-electron chi connectivity index (χ3n) is 3.28. The number of unbranched alkanes of at least 4 members (excludes halogenated alkanes) is 1. The van der Waals surface area contributed by atoms with E-state index in [-0.39, 0.29) is 11.8 Å². The minimum absolute atomic E-state index is 0.00733. The number of carbonyl (C=O) groups excluding carboxylic acids is 2. The van der Waals surface area contributed by atoms with Crippen molar-refractivity contribution >= 4 is 34.7 Å². The summed E-state index contributed by atoms with van der Waals surface area (Å²) in [5.74, 6) is 0.579. The number of rotatable bonds is 7. The van der Waals surface area contributed by atoms with Crippen LogP contribution in [0.15, 0.2) is 42.6 Å². The van der Waals surface area contributed by atoms with Crippen LogP contribution < -0.4 is 16.0 Å². The zero-order valence-corrected chi connectivity index (χ0v) is 13.9. The highest BCUT2D eigenvalue weighted by Gasteiger charge is 2.03. The van der Waals surface area contributed by atoms with Gasteiger partial charge in [-0.2, -0.15) is 0 Å². The summed E-state index contributed by atoms with van der Waals surface area (Å²) in [4.78, 5) is 26.9. The molecule has 0 radical (unpaired) electrons. The smallest absolute Gasteiger partial charge is 0.224 e. The summed E-state index contributed by atoms with van der Waals surface area (Å²) in [5, 5.41) is 8.70. The predicted octanol–water partition coefficient (Wildman–Crippen LogP) is 3.91. The Bertz CT molecular complexity index is 681. The molecular weight excluding hydrogens is 304 g/mol. The lowest BCUT2D eigenvalue weighted by Crippen LogP contribution is -2.11. The molecule has 6 nitrogen and oxygen atoms in total. The van der Waals surface area contributed by atoms with Crippen LogP contribution in [-0.2, 0) is 9.59 Å². The van der Waals surface area contributed by atoms with E-state index in [1.165, 1.54) is 6.92 Å². The second-order valence-electron chi connectivity index (χ2n) is 5.47. The number of nitrogens with one attached hydrogen (secondary N) is 3. The SMILES string of the molecule is CCCCC(=O)Nc1ccc(Nc2ccc(NC(C)=O)cc2)nc1. The van der Waals surface area contributed by atoms with Gasteiger partial charge in [-0.1, -0.05) is 13.3 Å². The third-order valence-corrected chi connectivity index (χ3v) is 3.28. The average molecular weight is 326 g/mol. The average Bonchev–Trinajstić information content (AvgIpc) is 2.56. The van der Waals surface area contributed by atoms with Crippen molar-refractivity contribution in [3.8, 4) is 0 Å². The molecule has 126 valence electrons. The summed E-state index contributed by atoms with van der Waals surface area (Å²) in [6.45, 7) is 3.52. The Kier molecular flexibility index (Phi) is 6.31. The fourth-order valence-corrected chi connectivity index (χ4v) is 2.09. The van der Waals surface area contributed by atoms with Crippen molar-refractivity contribution in [1.29, 1.82) is 0 Å². The molecule has 1 aromatic heterocycles. The molecule has 6 heteroatoms. The number of nitrogens with zero attached hydrogens (tertiary/aromatic N) is 1. The Balaban J connectivity index is 1.91. The molecule has 2 aromatic rings. The minimum atomic E-state index is -0.103. The third kappa shape index (κ3) is 5.72. The van der Waals surface area contributed by atoms with E-state index in [1.807, 2.05) is 30.3 Å². The van der Waals surface area contributed by atoms with Crippen LogP contribution >= 0.6 is 0 Å². The Morgan fingerprint density at radius 1 is 0.958 bits per heavy atom. The van der Waals surface area contributed by atoms with Crippen LogP contribution in [0.1, 0.15) is 33.1 Å². The van der Waals surface area contributed by atoms with Gasteiger partial charge in [-0.15, -0.1) is 0 Å². The normalized spacial score (nSPS) is 10.1. The molecule has 2 rings (SSSR count). The standard InChI is InChI=1S/C18H22N4O2/c1-3-4-5-18(24)22-16-10-11-17(19-12-16)21-15-8-6-14(7-9-15)20-13(2)23/h6-12H,3-5H2,1-2H3,(H,19,21)(H,20,23)(H,22,24). The molecule has 0 aliphatic heterocycles. The molecule has 0 aliphatic rings. The topological polar surface area (TPSA) is 83.1 Å². The van der Waals surface area contributed by atoms with E-state index in [4.69, 9.17) is 0 Å². The molecule has 0 aliphatic carbocycles. The van der Waals surface area contributed by atoms with Crippen molar-refractivity contribution in [2.75, 3.05) is 16.0 Å². The summed E-state index contributed by atoms with van der Waals surface area (Å²) in [7, 11) is 0. The molecule has 2 amide bonds. The van der Waals surface area contributed by atoms with E-state index in [0.29, 0.717) is 17.9 Å². The largest absolute Gasteiger partial charge is 0.340 e. The number of pyridine rings is 1. The van der Waals surface area contributed by atoms with Gasteiger partial charge in [0, 0.05) is 24.7 Å². The predicted molar refractivity (Wildman–Crippen MR) is 96.4 cm³/mol. The molecule has 0 bridgehead atoms. The highest BCUT2D eigenvalue weighted by atomic mass is 16.2. The van der Waals surface area contributed by atoms with Crippen LogP contribution in [0.25, 0.3) is 0 Å². The molecule has 3 N–H and O–H groups in total. The van der Waals surface area contributed by atoms with Crippen LogP contribution in [0.4, 0.5) is 22.9 Å². The summed E-state index contributed by atoms with van der Waals surface area (Å²) >= 11 is 0. The van der Waals surface area contributed by atoms with Crippen molar-refractivity contribution in [1.82, 2.24) is 4.98 Å². The highest BCUT2D eigenvalue weighted by molar-refractivity contribution is 5.90. The Morgan fingerprint density at radius 3 is 2.21 bits per heavy atom. The van der Waals surface area contributed by atoms with Crippen LogP contribution in [0.5, 0.6) is 0 Å². The number of anilines is 4. The van der Waals surface area contributed by atoms with Crippen LogP contribution in [0.3, 0.4) is 0 Å². The molecule has 0 atom stereocenters. The van der Waals surface area contributed by atoms with Gasteiger partial charge in [0.25, 0.3) is 0 Å². The van der Waals surface area contributed by atoms with E-state index in [9.17, 15) is 9.59 Å². The minimum Gasteiger partial charge on any atom is -0.340 e. The number of amides is 2. The summed E-state index contributed by atoms with van der Waals surface area (Å²) in [6.07, 6.45) is 4.03. The Morgan fingerprint density at radius 2 is 1.62 bits per heavy atom. The van der Waals surface area contributed by atoms with Crippen molar-refractivity contribution in [3.63, 3.8) is 0 Å². The molecule has 0 saturated carbocycles. The molecule has 0 fully saturated rings. The maximum atomic E-state index is 11.7. The number of hydrogen-bond acceptors (Lipinski definition) is 4. The lowest BCUT2D eigenvalue weighted by Gasteiger charge is -2.09. The molecule has 0 saturated heterocycles. The summed E-state index contributed by atoms with van der Waals surface area (Å²) in [5.41, 5.74) is 2.28. The molecule has 0 unspecified atom stereocenters. The molecule has 1 heterocycles. The lowest BCUT2D eigenvalue weighted by atomic mass is 10.2. The molecular formula is C18H22N4O2. The first-order valence-corrected chi connectivity index (χ1v) is 7.97. The zero-order valence-electron chi connectivity index (χ0n) is 13.9. The van der Waals surface area contributed by atoms with Gasteiger partial charge in [0.15, 0.2) is 0 Å². The van der Waals surface area contributed by atoms with Crippen molar-refractivity contribution in [3.05, 3.63) is 42.6 Å². The van der Waals surface area contributed by atoms with Gasteiger partial charge in [-0.05, 0) is 42.8 Å². The van der Waals surface area contributed by atoms with E-state index >= 15 is 0 Å². The number of hydrogen-bond donors (Lipinski definition) is 3. The molecule has 0 spiro atoms. The lowest BCUT2D eigenvalue weighted by molar-refractivity contribution is -0.116. The van der Waals surface area contributed by atoms with Crippen LogP contribution in [0.2, 0.25) is 0 Å². The van der Waals surface area contributed by atoms with Gasteiger partial charge in [-0.3, -0.25) is 9.59 Å². The number of benzene rings is 1. The van der Waals surface area contributed by atoms with E-state index < -0.39 is 0 Å². The molecule has 1 aromatic carbocycles. The fraction of sp³-hybridized carbons (Fsp3) is 0.278. The summed E-state index contributed by atoms with van der Waals surface area (Å²) < 4.78 is 0. The first-order chi connectivity index (χ1) is 11.6.